The number of amides is 1. The van der Waals surface area contributed by atoms with Gasteiger partial charge in [0.1, 0.15) is 0 Å². The van der Waals surface area contributed by atoms with Crippen molar-refractivity contribution in [3.8, 4) is 0 Å². The van der Waals surface area contributed by atoms with Crippen LogP contribution in [0.15, 0.2) is 24.3 Å². The number of benzene rings is 1. The van der Waals surface area contributed by atoms with Gasteiger partial charge >= 0.3 is 0 Å². The predicted molar refractivity (Wildman–Crippen MR) is 81.0 cm³/mol. The first-order chi connectivity index (χ1) is 8.63. The second kappa shape index (κ2) is 7.13. The number of hydrogen-bond acceptors (Lipinski definition) is 2. The Morgan fingerprint density at radius 3 is 2.63 bits per heavy atom. The molecule has 5 heteroatoms. The van der Waals surface area contributed by atoms with E-state index in [4.69, 9.17) is 17.3 Å². The minimum atomic E-state index is 0. The molecule has 19 heavy (non-hydrogen) atoms. The summed E-state index contributed by atoms with van der Waals surface area (Å²) in [5, 5.41) is 0.647. The second-order valence-corrected chi connectivity index (χ2v) is 5.36. The summed E-state index contributed by atoms with van der Waals surface area (Å²) in [5.74, 6) is 0.536. The van der Waals surface area contributed by atoms with Gasteiger partial charge in [0, 0.05) is 29.7 Å². The number of carbonyl (C=O) groups is 1. The molecule has 1 saturated heterocycles. The van der Waals surface area contributed by atoms with Crippen LogP contribution in [0.1, 0.15) is 30.1 Å². The van der Waals surface area contributed by atoms with Gasteiger partial charge in [0.25, 0.3) is 5.91 Å². The second-order valence-electron chi connectivity index (χ2n) is 4.93. The fourth-order valence-electron chi connectivity index (χ4n) is 2.62. The molecule has 1 aliphatic rings. The Hall–Kier alpha value is -0.770. The first kappa shape index (κ1) is 16.3. The van der Waals surface area contributed by atoms with Gasteiger partial charge in [-0.25, -0.2) is 0 Å². The van der Waals surface area contributed by atoms with Crippen LogP contribution in [0.25, 0.3) is 0 Å². The Labute approximate surface area is 125 Å². The summed E-state index contributed by atoms with van der Waals surface area (Å²) in [6.45, 7) is 3.49. The normalized spacial score (nSPS) is 22.8. The molecule has 1 aromatic rings. The minimum absolute atomic E-state index is 0. The average Bonchev–Trinajstić information content (AvgIpc) is 2.38. The topological polar surface area (TPSA) is 46.3 Å². The molecule has 2 N–H and O–H groups in total. The lowest BCUT2D eigenvalue weighted by molar-refractivity contribution is 0.0532. The number of rotatable bonds is 2. The molecule has 2 atom stereocenters. The molecular formula is C14H20Cl2N2O. The summed E-state index contributed by atoms with van der Waals surface area (Å²) >= 11 is 5.84. The quantitative estimate of drug-likeness (QED) is 0.913. The average molecular weight is 303 g/mol. The van der Waals surface area contributed by atoms with Crippen molar-refractivity contribution in [2.24, 2.45) is 11.7 Å². The van der Waals surface area contributed by atoms with Gasteiger partial charge in [-0.2, -0.15) is 0 Å². The highest BCUT2D eigenvalue weighted by atomic mass is 35.5. The van der Waals surface area contributed by atoms with E-state index in [-0.39, 0.29) is 24.4 Å². The number of halogens is 2. The number of nitrogens with zero attached hydrogens (tertiary/aromatic N) is 1. The lowest BCUT2D eigenvalue weighted by atomic mass is 9.90. The van der Waals surface area contributed by atoms with Gasteiger partial charge < -0.3 is 10.6 Å². The van der Waals surface area contributed by atoms with Crippen LogP contribution in [-0.2, 0) is 0 Å². The van der Waals surface area contributed by atoms with Crippen molar-refractivity contribution < 1.29 is 4.79 Å². The van der Waals surface area contributed by atoms with E-state index in [2.05, 4.69) is 6.92 Å². The molecule has 2 rings (SSSR count). The molecule has 0 aromatic heterocycles. The zero-order valence-electron chi connectivity index (χ0n) is 11.0. The molecule has 0 saturated carbocycles. The lowest BCUT2D eigenvalue weighted by Crippen LogP contribution is -2.51. The fraction of sp³-hybridized carbons (Fsp3) is 0.500. The number of carbonyl (C=O) groups excluding carboxylic acids is 1. The van der Waals surface area contributed by atoms with Gasteiger partial charge in [-0.1, -0.05) is 18.5 Å². The van der Waals surface area contributed by atoms with Crippen LogP contribution in [0.4, 0.5) is 0 Å². The van der Waals surface area contributed by atoms with Gasteiger partial charge in [0.2, 0.25) is 0 Å². The predicted octanol–water partition coefficient (Wildman–Crippen LogP) is 2.96. The van der Waals surface area contributed by atoms with E-state index in [0.717, 1.165) is 19.4 Å². The molecule has 0 bridgehead atoms. The lowest BCUT2D eigenvalue weighted by Gasteiger charge is -2.39. The summed E-state index contributed by atoms with van der Waals surface area (Å²) in [7, 11) is 0. The highest BCUT2D eigenvalue weighted by Gasteiger charge is 2.31. The molecule has 3 nitrogen and oxygen atoms in total. The molecule has 1 aromatic carbocycles. The monoisotopic (exact) mass is 302 g/mol. The van der Waals surface area contributed by atoms with Gasteiger partial charge in [0.05, 0.1) is 0 Å². The Morgan fingerprint density at radius 2 is 2.05 bits per heavy atom. The molecule has 106 valence electrons. The van der Waals surface area contributed by atoms with Crippen molar-refractivity contribution >= 4 is 29.9 Å². The smallest absolute Gasteiger partial charge is 0.254 e. The van der Waals surface area contributed by atoms with Crippen LogP contribution >= 0.6 is 24.0 Å². The highest BCUT2D eigenvalue weighted by molar-refractivity contribution is 6.30. The Morgan fingerprint density at radius 1 is 1.42 bits per heavy atom. The highest BCUT2D eigenvalue weighted by Crippen LogP contribution is 2.24. The zero-order valence-corrected chi connectivity index (χ0v) is 12.6. The molecule has 1 aliphatic heterocycles. The number of hydrogen-bond donors (Lipinski definition) is 1. The molecule has 1 fully saturated rings. The summed E-state index contributed by atoms with van der Waals surface area (Å²) in [6, 6.07) is 7.20. The third-order valence-electron chi connectivity index (χ3n) is 3.71. The summed E-state index contributed by atoms with van der Waals surface area (Å²) < 4.78 is 0. The first-order valence-corrected chi connectivity index (χ1v) is 6.78. The van der Waals surface area contributed by atoms with E-state index < -0.39 is 0 Å². The van der Waals surface area contributed by atoms with E-state index >= 15 is 0 Å². The van der Waals surface area contributed by atoms with Crippen LogP contribution in [-0.4, -0.2) is 29.9 Å². The van der Waals surface area contributed by atoms with Gasteiger partial charge in [0.15, 0.2) is 0 Å². The molecule has 0 radical (unpaired) electrons. The van der Waals surface area contributed by atoms with Crippen LogP contribution in [0.3, 0.4) is 0 Å². The maximum absolute atomic E-state index is 12.5. The van der Waals surface area contributed by atoms with Crippen molar-refractivity contribution in [3.63, 3.8) is 0 Å². The van der Waals surface area contributed by atoms with Crippen molar-refractivity contribution in [3.05, 3.63) is 34.9 Å². The Kier molecular flexibility index (Phi) is 6.11. The molecule has 0 aliphatic carbocycles. The third-order valence-corrected chi connectivity index (χ3v) is 3.96. The van der Waals surface area contributed by atoms with Crippen molar-refractivity contribution in [2.45, 2.75) is 25.8 Å². The van der Waals surface area contributed by atoms with Gasteiger partial charge in [-0.3, -0.25) is 4.79 Å². The SMILES string of the molecule is CC1CCCN(C(=O)c2ccc(Cl)cc2)C1CN.Cl. The van der Waals surface area contributed by atoms with Crippen LogP contribution in [0.2, 0.25) is 5.02 Å². The number of likely N-dealkylation sites (tertiary alicyclic amines) is 1. The van der Waals surface area contributed by atoms with Crippen molar-refractivity contribution in [1.82, 2.24) is 4.90 Å². The number of nitrogens with two attached hydrogens (primary N) is 1. The standard InChI is InChI=1S/C14H19ClN2O.ClH/c1-10-3-2-8-17(13(10)9-16)14(18)11-4-6-12(15)7-5-11;/h4-7,10,13H,2-3,8-9,16H2,1H3;1H. The molecule has 0 spiro atoms. The van der Waals surface area contributed by atoms with E-state index in [1.54, 1.807) is 24.3 Å². The van der Waals surface area contributed by atoms with E-state index in [9.17, 15) is 4.79 Å². The number of piperidine rings is 1. The van der Waals surface area contributed by atoms with Crippen LogP contribution < -0.4 is 5.73 Å². The van der Waals surface area contributed by atoms with Crippen LogP contribution in [0, 0.1) is 5.92 Å². The maximum atomic E-state index is 12.5. The van der Waals surface area contributed by atoms with Crippen molar-refractivity contribution in [1.29, 1.82) is 0 Å². The molecular weight excluding hydrogens is 283 g/mol. The van der Waals surface area contributed by atoms with E-state index in [0.29, 0.717) is 23.0 Å². The summed E-state index contributed by atoms with van der Waals surface area (Å²) in [5.41, 5.74) is 6.50. The fourth-order valence-corrected chi connectivity index (χ4v) is 2.74. The zero-order chi connectivity index (χ0) is 13.1. The third kappa shape index (κ3) is 3.62. The Balaban J connectivity index is 0.00000180. The Bertz CT molecular complexity index is 422. The van der Waals surface area contributed by atoms with E-state index in [1.807, 2.05) is 4.90 Å². The summed E-state index contributed by atoms with van der Waals surface area (Å²) in [4.78, 5) is 14.4. The largest absolute Gasteiger partial charge is 0.334 e. The van der Waals surface area contributed by atoms with Crippen LogP contribution in [0.5, 0.6) is 0 Å². The molecule has 2 unspecified atom stereocenters. The first-order valence-electron chi connectivity index (χ1n) is 6.40. The van der Waals surface area contributed by atoms with E-state index in [1.165, 1.54) is 0 Å². The minimum Gasteiger partial charge on any atom is -0.334 e. The summed E-state index contributed by atoms with van der Waals surface area (Å²) in [6.07, 6.45) is 2.20. The maximum Gasteiger partial charge on any atom is 0.254 e. The van der Waals surface area contributed by atoms with Gasteiger partial charge in [-0.15, -0.1) is 12.4 Å². The molecule has 1 amide bonds. The molecule has 1 heterocycles. The van der Waals surface area contributed by atoms with Crippen molar-refractivity contribution in [2.75, 3.05) is 13.1 Å². The van der Waals surface area contributed by atoms with Gasteiger partial charge in [-0.05, 0) is 43.0 Å².